The first-order chi connectivity index (χ1) is 7.66. The molecule has 0 radical (unpaired) electrons. The van der Waals surface area contributed by atoms with Crippen LogP contribution in [-0.2, 0) is 0 Å². The van der Waals surface area contributed by atoms with Crippen LogP contribution in [0.4, 0.5) is 0 Å². The molecule has 1 aromatic carbocycles. The van der Waals surface area contributed by atoms with E-state index in [0.717, 1.165) is 5.56 Å². The van der Waals surface area contributed by atoms with E-state index in [2.05, 4.69) is 9.97 Å². The number of benzene rings is 1. The second-order valence-electron chi connectivity index (χ2n) is 3.47. The molecule has 0 aliphatic rings. The Morgan fingerprint density at radius 2 is 1.94 bits per heavy atom. The van der Waals surface area contributed by atoms with E-state index in [1.165, 1.54) is 0 Å². The molecule has 0 bridgehead atoms. The average molecular weight is 214 g/mol. The molecule has 1 heterocycles. The number of hydrogen-bond donors (Lipinski definition) is 1. The van der Waals surface area contributed by atoms with E-state index in [1.54, 1.807) is 36.7 Å². The van der Waals surface area contributed by atoms with E-state index < -0.39 is 5.97 Å². The number of carboxylic acid groups (broad SMARTS) is 1. The summed E-state index contributed by atoms with van der Waals surface area (Å²) in [7, 11) is 0. The van der Waals surface area contributed by atoms with Crippen molar-refractivity contribution in [1.82, 2.24) is 9.97 Å². The van der Waals surface area contributed by atoms with Crippen molar-refractivity contribution in [2.75, 3.05) is 0 Å². The SMILES string of the molecule is Cc1cnc(-c2cccc(C(=O)O)c2)nc1. The summed E-state index contributed by atoms with van der Waals surface area (Å²) in [6.45, 7) is 1.90. The smallest absolute Gasteiger partial charge is 0.335 e. The molecule has 0 fully saturated rings. The Bertz CT molecular complexity index is 521. The van der Waals surface area contributed by atoms with E-state index in [1.807, 2.05) is 6.92 Å². The van der Waals surface area contributed by atoms with Crippen molar-refractivity contribution in [2.24, 2.45) is 0 Å². The lowest BCUT2D eigenvalue weighted by atomic mass is 10.1. The van der Waals surface area contributed by atoms with Crippen LogP contribution in [0.1, 0.15) is 15.9 Å². The molecule has 1 aromatic heterocycles. The van der Waals surface area contributed by atoms with Gasteiger partial charge in [-0.2, -0.15) is 0 Å². The fourth-order valence-electron chi connectivity index (χ4n) is 1.33. The summed E-state index contributed by atoms with van der Waals surface area (Å²) < 4.78 is 0. The normalized spacial score (nSPS) is 10.1. The number of hydrogen-bond acceptors (Lipinski definition) is 3. The van der Waals surface area contributed by atoms with Crippen LogP contribution in [0.5, 0.6) is 0 Å². The summed E-state index contributed by atoms with van der Waals surface area (Å²) in [5, 5.41) is 8.86. The van der Waals surface area contributed by atoms with Gasteiger partial charge in [0.05, 0.1) is 5.56 Å². The fraction of sp³-hybridized carbons (Fsp3) is 0.0833. The van der Waals surface area contributed by atoms with Gasteiger partial charge in [-0.05, 0) is 24.6 Å². The van der Waals surface area contributed by atoms with Crippen molar-refractivity contribution in [3.63, 3.8) is 0 Å². The fourth-order valence-corrected chi connectivity index (χ4v) is 1.33. The maximum absolute atomic E-state index is 10.8. The molecule has 0 saturated carbocycles. The number of rotatable bonds is 2. The van der Waals surface area contributed by atoms with Gasteiger partial charge in [-0.1, -0.05) is 12.1 Å². The van der Waals surface area contributed by atoms with Crippen LogP contribution in [0, 0.1) is 6.92 Å². The van der Waals surface area contributed by atoms with Crippen molar-refractivity contribution in [3.8, 4) is 11.4 Å². The van der Waals surface area contributed by atoms with Crippen LogP contribution in [0.3, 0.4) is 0 Å². The monoisotopic (exact) mass is 214 g/mol. The highest BCUT2D eigenvalue weighted by Gasteiger charge is 2.05. The second-order valence-corrected chi connectivity index (χ2v) is 3.47. The van der Waals surface area contributed by atoms with Gasteiger partial charge in [0.25, 0.3) is 0 Å². The number of nitrogens with zero attached hydrogens (tertiary/aromatic N) is 2. The van der Waals surface area contributed by atoms with E-state index in [-0.39, 0.29) is 5.56 Å². The molecule has 4 nitrogen and oxygen atoms in total. The summed E-state index contributed by atoms with van der Waals surface area (Å²) >= 11 is 0. The molecule has 0 unspecified atom stereocenters. The quantitative estimate of drug-likeness (QED) is 0.831. The highest BCUT2D eigenvalue weighted by atomic mass is 16.4. The molecule has 0 aliphatic heterocycles. The largest absolute Gasteiger partial charge is 0.478 e. The summed E-state index contributed by atoms with van der Waals surface area (Å²) in [4.78, 5) is 19.1. The Hall–Kier alpha value is -2.23. The van der Waals surface area contributed by atoms with Crippen molar-refractivity contribution in [1.29, 1.82) is 0 Å². The topological polar surface area (TPSA) is 63.1 Å². The third kappa shape index (κ3) is 2.06. The minimum absolute atomic E-state index is 0.238. The molecule has 1 N–H and O–H groups in total. The highest BCUT2D eigenvalue weighted by Crippen LogP contribution is 2.15. The van der Waals surface area contributed by atoms with Gasteiger partial charge >= 0.3 is 5.97 Å². The molecule has 0 saturated heterocycles. The Labute approximate surface area is 92.6 Å². The molecule has 0 aliphatic carbocycles. The lowest BCUT2D eigenvalue weighted by Crippen LogP contribution is -1.97. The van der Waals surface area contributed by atoms with Crippen molar-refractivity contribution < 1.29 is 9.90 Å². The molecule has 80 valence electrons. The van der Waals surface area contributed by atoms with Gasteiger partial charge < -0.3 is 5.11 Å². The number of aromatic nitrogens is 2. The molecular formula is C12H10N2O2. The number of carbonyl (C=O) groups is 1. The Morgan fingerprint density at radius 3 is 2.56 bits per heavy atom. The van der Waals surface area contributed by atoms with Crippen LogP contribution in [0.15, 0.2) is 36.7 Å². The highest BCUT2D eigenvalue weighted by molar-refractivity contribution is 5.89. The molecule has 0 spiro atoms. The van der Waals surface area contributed by atoms with Crippen LogP contribution >= 0.6 is 0 Å². The Balaban J connectivity index is 2.44. The maximum atomic E-state index is 10.8. The summed E-state index contributed by atoms with van der Waals surface area (Å²) in [6.07, 6.45) is 3.41. The van der Waals surface area contributed by atoms with E-state index in [4.69, 9.17) is 5.11 Å². The predicted octanol–water partition coefficient (Wildman–Crippen LogP) is 2.15. The molecule has 2 rings (SSSR count). The lowest BCUT2D eigenvalue weighted by Gasteiger charge is -2.01. The van der Waals surface area contributed by atoms with Gasteiger partial charge in [-0.15, -0.1) is 0 Å². The molecule has 0 atom stereocenters. The van der Waals surface area contributed by atoms with Gasteiger partial charge in [-0.25, -0.2) is 14.8 Å². The minimum atomic E-state index is -0.950. The van der Waals surface area contributed by atoms with E-state index in [9.17, 15) is 4.79 Å². The second kappa shape index (κ2) is 4.10. The van der Waals surface area contributed by atoms with E-state index >= 15 is 0 Å². The first kappa shape index (κ1) is 10.3. The van der Waals surface area contributed by atoms with Crippen molar-refractivity contribution >= 4 is 5.97 Å². The number of aryl methyl sites for hydroxylation is 1. The zero-order chi connectivity index (χ0) is 11.5. The standard InChI is InChI=1S/C12H10N2O2/c1-8-6-13-11(14-7-8)9-3-2-4-10(5-9)12(15)16/h2-7H,1H3,(H,15,16). The first-order valence-corrected chi connectivity index (χ1v) is 4.79. The maximum Gasteiger partial charge on any atom is 0.335 e. The number of aromatic carboxylic acids is 1. The van der Waals surface area contributed by atoms with Crippen LogP contribution < -0.4 is 0 Å². The van der Waals surface area contributed by atoms with Gasteiger partial charge in [0.1, 0.15) is 0 Å². The zero-order valence-electron chi connectivity index (χ0n) is 8.71. The van der Waals surface area contributed by atoms with Crippen LogP contribution in [-0.4, -0.2) is 21.0 Å². The van der Waals surface area contributed by atoms with Gasteiger partial charge in [0, 0.05) is 18.0 Å². The molecule has 4 heteroatoms. The summed E-state index contributed by atoms with van der Waals surface area (Å²) in [5.41, 5.74) is 1.92. The third-order valence-corrected chi connectivity index (χ3v) is 2.15. The van der Waals surface area contributed by atoms with Crippen LogP contribution in [0.25, 0.3) is 11.4 Å². The van der Waals surface area contributed by atoms with Gasteiger partial charge in [0.2, 0.25) is 0 Å². The average Bonchev–Trinajstić information content (AvgIpc) is 2.30. The minimum Gasteiger partial charge on any atom is -0.478 e. The lowest BCUT2D eigenvalue weighted by molar-refractivity contribution is 0.0697. The van der Waals surface area contributed by atoms with Crippen LogP contribution in [0.2, 0.25) is 0 Å². The molecule has 2 aromatic rings. The Kier molecular flexibility index (Phi) is 2.64. The molecule has 0 amide bonds. The van der Waals surface area contributed by atoms with Crippen molar-refractivity contribution in [2.45, 2.75) is 6.92 Å². The third-order valence-electron chi connectivity index (χ3n) is 2.15. The van der Waals surface area contributed by atoms with Gasteiger partial charge in [0.15, 0.2) is 5.82 Å². The number of carboxylic acids is 1. The summed E-state index contributed by atoms with van der Waals surface area (Å²) in [6, 6.07) is 6.58. The molecule has 16 heavy (non-hydrogen) atoms. The Morgan fingerprint density at radius 1 is 1.25 bits per heavy atom. The zero-order valence-corrected chi connectivity index (χ0v) is 8.71. The van der Waals surface area contributed by atoms with Crippen molar-refractivity contribution in [3.05, 3.63) is 47.8 Å². The molecular weight excluding hydrogens is 204 g/mol. The van der Waals surface area contributed by atoms with Gasteiger partial charge in [-0.3, -0.25) is 0 Å². The van der Waals surface area contributed by atoms with E-state index in [0.29, 0.717) is 11.4 Å². The summed E-state index contributed by atoms with van der Waals surface area (Å²) in [5.74, 6) is -0.414. The predicted molar refractivity (Wildman–Crippen MR) is 59.2 cm³/mol. The first-order valence-electron chi connectivity index (χ1n) is 4.79.